The summed E-state index contributed by atoms with van der Waals surface area (Å²) in [6.07, 6.45) is 0. The molecule has 10 heteroatoms. The monoisotopic (exact) mass is 479 g/mol. The number of hydrogen-bond acceptors (Lipinski definition) is 8. The van der Waals surface area contributed by atoms with Gasteiger partial charge in [-0.15, -0.1) is 10.2 Å². The van der Waals surface area contributed by atoms with Gasteiger partial charge in [-0.05, 0) is 36.4 Å². The molecule has 0 atom stereocenters. The van der Waals surface area contributed by atoms with E-state index in [2.05, 4.69) is 20.4 Å². The van der Waals surface area contributed by atoms with Gasteiger partial charge in [0.1, 0.15) is 5.75 Å². The number of piperazine rings is 1. The molecule has 2 amide bonds. The number of benzene rings is 2. The van der Waals surface area contributed by atoms with E-state index in [-0.39, 0.29) is 6.03 Å². The van der Waals surface area contributed by atoms with Gasteiger partial charge in [-0.25, -0.2) is 4.79 Å². The number of nitrogens with zero attached hydrogens (tertiary/aromatic N) is 4. The third-order valence-electron chi connectivity index (χ3n) is 5.82. The van der Waals surface area contributed by atoms with Crippen LogP contribution in [-0.2, 0) is 0 Å². The minimum absolute atomic E-state index is 0.137. The highest BCUT2D eigenvalue weighted by Gasteiger charge is 2.23. The summed E-state index contributed by atoms with van der Waals surface area (Å²) in [5.74, 6) is 3.08. The van der Waals surface area contributed by atoms with Crippen LogP contribution in [0.25, 0.3) is 11.3 Å². The van der Waals surface area contributed by atoms with Gasteiger partial charge in [-0.2, -0.15) is 0 Å². The number of nitrogens with one attached hydrogen (secondary N) is 1. The number of ether oxygens (including phenoxy) is 4. The Hall–Kier alpha value is -4.21. The Morgan fingerprint density at radius 2 is 1.54 bits per heavy atom. The molecule has 35 heavy (non-hydrogen) atoms. The fourth-order valence-electron chi connectivity index (χ4n) is 3.92. The van der Waals surface area contributed by atoms with E-state index in [0.717, 1.165) is 11.4 Å². The van der Waals surface area contributed by atoms with E-state index in [0.29, 0.717) is 60.6 Å². The number of aromatic nitrogens is 2. The van der Waals surface area contributed by atoms with Crippen molar-refractivity contribution in [1.29, 1.82) is 0 Å². The number of urea groups is 1. The molecule has 0 spiro atoms. The van der Waals surface area contributed by atoms with Crippen LogP contribution in [0, 0.1) is 0 Å². The second kappa shape index (κ2) is 10.8. The summed E-state index contributed by atoms with van der Waals surface area (Å²) >= 11 is 0. The number of carbonyl (C=O) groups excluding carboxylic acids is 1. The number of amides is 2. The fourth-order valence-corrected chi connectivity index (χ4v) is 3.92. The summed E-state index contributed by atoms with van der Waals surface area (Å²) in [5, 5.41) is 11.8. The van der Waals surface area contributed by atoms with Crippen LogP contribution < -0.4 is 29.2 Å². The second-order valence-electron chi connectivity index (χ2n) is 7.83. The van der Waals surface area contributed by atoms with Crippen molar-refractivity contribution >= 4 is 17.5 Å². The Morgan fingerprint density at radius 3 is 2.11 bits per heavy atom. The van der Waals surface area contributed by atoms with Gasteiger partial charge < -0.3 is 34.1 Å². The number of hydrogen-bond donors (Lipinski definition) is 1. The van der Waals surface area contributed by atoms with E-state index in [4.69, 9.17) is 18.9 Å². The van der Waals surface area contributed by atoms with Gasteiger partial charge in [0.25, 0.3) is 0 Å². The third kappa shape index (κ3) is 5.32. The summed E-state index contributed by atoms with van der Waals surface area (Å²) in [7, 11) is 6.32. The van der Waals surface area contributed by atoms with E-state index in [1.54, 1.807) is 39.4 Å². The van der Waals surface area contributed by atoms with Gasteiger partial charge in [0, 0.05) is 43.5 Å². The second-order valence-corrected chi connectivity index (χ2v) is 7.83. The van der Waals surface area contributed by atoms with E-state index < -0.39 is 0 Å². The SMILES string of the molecule is COc1cccc(NC(=O)N2CCN(c3ccc(-c4cc(OC)c(OC)c(OC)c4)nn3)CC2)c1. The summed E-state index contributed by atoms with van der Waals surface area (Å²) < 4.78 is 21.5. The molecule has 0 aliphatic carbocycles. The smallest absolute Gasteiger partial charge is 0.321 e. The molecule has 1 saturated heterocycles. The lowest BCUT2D eigenvalue weighted by molar-refractivity contribution is 0.208. The van der Waals surface area contributed by atoms with Crippen LogP contribution in [0.15, 0.2) is 48.5 Å². The van der Waals surface area contributed by atoms with Crippen LogP contribution in [0.1, 0.15) is 0 Å². The Kier molecular flexibility index (Phi) is 7.39. The molecule has 1 aromatic heterocycles. The number of rotatable bonds is 7. The van der Waals surface area contributed by atoms with Crippen LogP contribution in [0.3, 0.4) is 0 Å². The van der Waals surface area contributed by atoms with Crippen LogP contribution in [0.4, 0.5) is 16.3 Å². The lowest BCUT2D eigenvalue weighted by Crippen LogP contribution is -2.50. The molecule has 0 saturated carbocycles. The predicted octanol–water partition coefficient (Wildman–Crippen LogP) is 3.53. The van der Waals surface area contributed by atoms with Gasteiger partial charge >= 0.3 is 6.03 Å². The summed E-state index contributed by atoms with van der Waals surface area (Å²) in [4.78, 5) is 16.6. The van der Waals surface area contributed by atoms with E-state index in [9.17, 15) is 4.79 Å². The van der Waals surface area contributed by atoms with Crippen molar-refractivity contribution in [3.63, 3.8) is 0 Å². The minimum Gasteiger partial charge on any atom is -0.497 e. The summed E-state index contributed by atoms with van der Waals surface area (Å²) in [5.41, 5.74) is 2.19. The Labute approximate surface area is 204 Å². The molecule has 184 valence electrons. The molecule has 1 N–H and O–H groups in total. The number of methoxy groups -OCH3 is 4. The lowest BCUT2D eigenvalue weighted by atomic mass is 10.1. The molecular formula is C25H29N5O5. The maximum atomic E-state index is 12.7. The molecule has 1 fully saturated rings. The van der Waals surface area contributed by atoms with Crippen molar-refractivity contribution in [1.82, 2.24) is 15.1 Å². The Morgan fingerprint density at radius 1 is 0.829 bits per heavy atom. The minimum atomic E-state index is -0.137. The molecule has 10 nitrogen and oxygen atoms in total. The van der Waals surface area contributed by atoms with Gasteiger partial charge in [-0.3, -0.25) is 0 Å². The fraction of sp³-hybridized carbons (Fsp3) is 0.320. The molecule has 3 aromatic rings. The molecule has 0 bridgehead atoms. The maximum Gasteiger partial charge on any atom is 0.321 e. The molecule has 2 aromatic carbocycles. The first kappa shape index (κ1) is 23.9. The highest BCUT2D eigenvalue weighted by molar-refractivity contribution is 5.89. The zero-order valence-electron chi connectivity index (χ0n) is 20.3. The van der Waals surface area contributed by atoms with Gasteiger partial charge in [-0.1, -0.05) is 6.07 Å². The molecular weight excluding hydrogens is 450 g/mol. The predicted molar refractivity (Wildman–Crippen MR) is 133 cm³/mol. The average Bonchev–Trinajstić information content (AvgIpc) is 2.92. The molecule has 2 heterocycles. The number of anilines is 2. The van der Waals surface area contributed by atoms with Crippen molar-refractivity contribution in [3.05, 3.63) is 48.5 Å². The van der Waals surface area contributed by atoms with Crippen LogP contribution >= 0.6 is 0 Å². The molecule has 1 aliphatic heterocycles. The first-order valence-electron chi connectivity index (χ1n) is 11.1. The van der Waals surface area contributed by atoms with Gasteiger partial charge in [0.15, 0.2) is 17.3 Å². The van der Waals surface area contributed by atoms with E-state index in [1.165, 1.54) is 0 Å². The Balaban J connectivity index is 1.39. The molecule has 1 aliphatic rings. The molecule has 0 unspecified atom stereocenters. The van der Waals surface area contributed by atoms with E-state index in [1.807, 2.05) is 42.5 Å². The van der Waals surface area contributed by atoms with Gasteiger partial charge in [0.05, 0.1) is 34.1 Å². The Bertz CT molecular complexity index is 1140. The highest BCUT2D eigenvalue weighted by Crippen LogP contribution is 2.40. The van der Waals surface area contributed by atoms with Crippen molar-refractivity contribution in [2.45, 2.75) is 0 Å². The first-order valence-corrected chi connectivity index (χ1v) is 11.1. The number of carbonyl (C=O) groups is 1. The van der Waals surface area contributed by atoms with Crippen molar-refractivity contribution < 1.29 is 23.7 Å². The quantitative estimate of drug-likeness (QED) is 0.550. The lowest BCUT2D eigenvalue weighted by Gasteiger charge is -2.35. The van der Waals surface area contributed by atoms with Gasteiger partial charge in [0.2, 0.25) is 5.75 Å². The first-order chi connectivity index (χ1) is 17.1. The van der Waals surface area contributed by atoms with Crippen molar-refractivity contribution in [2.75, 3.05) is 64.8 Å². The maximum absolute atomic E-state index is 12.7. The highest BCUT2D eigenvalue weighted by atomic mass is 16.5. The largest absolute Gasteiger partial charge is 0.497 e. The van der Waals surface area contributed by atoms with Crippen LogP contribution in [-0.4, -0.2) is 75.7 Å². The normalized spacial score (nSPS) is 13.3. The zero-order valence-corrected chi connectivity index (χ0v) is 20.3. The summed E-state index contributed by atoms with van der Waals surface area (Å²) in [6, 6.07) is 14.7. The van der Waals surface area contributed by atoms with Crippen LogP contribution in [0.2, 0.25) is 0 Å². The van der Waals surface area contributed by atoms with Crippen molar-refractivity contribution in [3.8, 4) is 34.3 Å². The van der Waals surface area contributed by atoms with E-state index >= 15 is 0 Å². The average molecular weight is 480 g/mol. The molecule has 4 rings (SSSR count). The standard InChI is InChI=1S/C25H29N5O5/c1-32-19-7-5-6-18(16-19)26-25(31)30-12-10-29(11-13-30)23-9-8-20(27-28-23)17-14-21(33-2)24(35-4)22(15-17)34-3/h5-9,14-16H,10-13H2,1-4H3,(H,26,31). The third-order valence-corrected chi connectivity index (χ3v) is 5.82. The van der Waals surface area contributed by atoms with Crippen LogP contribution in [0.5, 0.6) is 23.0 Å². The molecule has 0 radical (unpaired) electrons. The topological polar surface area (TPSA) is 98.3 Å². The summed E-state index contributed by atoms with van der Waals surface area (Å²) in [6.45, 7) is 2.46. The van der Waals surface area contributed by atoms with Crippen molar-refractivity contribution in [2.24, 2.45) is 0 Å². The zero-order chi connectivity index (χ0) is 24.8.